The number of nitrogens with two attached hydrogens (primary N) is 1. The molecule has 7 heteroatoms. The number of hydrogen-bond acceptors (Lipinski definition) is 4. The van der Waals surface area contributed by atoms with Gasteiger partial charge in [-0.2, -0.15) is 5.26 Å². The Hall–Kier alpha value is -2.36. The second kappa shape index (κ2) is 5.10. The summed E-state index contributed by atoms with van der Waals surface area (Å²) in [5, 5.41) is 9.05. The van der Waals surface area contributed by atoms with E-state index in [4.69, 9.17) is 22.7 Å². The molecule has 6 nitrogen and oxygen atoms in total. The smallest absolute Gasteiger partial charge is 0.275 e. The number of hydrogen-bond donors (Lipinski definition) is 2. The minimum Gasteiger partial charge on any atom is -0.275 e. The Labute approximate surface area is 114 Å². The molecule has 1 heterocycles. The molecular weight excluding hydrogens is 266 g/mol. The average molecular weight is 276 g/mol. The molecule has 0 unspecified atom stereocenters. The maximum absolute atomic E-state index is 11.7. The van der Waals surface area contributed by atoms with Crippen LogP contribution in [0.5, 0.6) is 0 Å². The summed E-state index contributed by atoms with van der Waals surface area (Å²) >= 11 is 6.00. The Balaban J connectivity index is 2.69. The van der Waals surface area contributed by atoms with E-state index in [1.54, 1.807) is 18.2 Å². The van der Waals surface area contributed by atoms with Crippen LogP contribution in [0.1, 0.15) is 11.4 Å². The zero-order valence-corrected chi connectivity index (χ0v) is 10.8. The molecule has 0 fully saturated rings. The van der Waals surface area contributed by atoms with Gasteiger partial charge in [-0.15, -0.1) is 0 Å². The van der Waals surface area contributed by atoms with Gasteiger partial charge in [-0.1, -0.05) is 41.4 Å². The highest BCUT2D eigenvalue weighted by Gasteiger charge is 2.21. The van der Waals surface area contributed by atoms with Crippen molar-refractivity contribution in [1.29, 1.82) is 5.26 Å². The van der Waals surface area contributed by atoms with Crippen LogP contribution in [-0.4, -0.2) is 15.6 Å². The molecular formula is C12H10ClN5O. The van der Waals surface area contributed by atoms with Gasteiger partial charge in [-0.25, -0.2) is 20.2 Å². The maximum Gasteiger partial charge on any atom is 0.342 e. The Morgan fingerprint density at radius 2 is 2.11 bits per heavy atom. The Morgan fingerprint density at radius 3 is 2.63 bits per heavy atom. The van der Waals surface area contributed by atoms with Gasteiger partial charge in [0.05, 0.1) is 5.69 Å². The molecule has 1 aromatic carbocycles. The number of amides is 1. The number of carbonyl (C=O) groups is 1. The Kier molecular flexibility index (Phi) is 3.51. The topological polar surface area (TPSA) is 96.7 Å². The number of halogens is 1. The van der Waals surface area contributed by atoms with E-state index in [0.29, 0.717) is 11.3 Å². The van der Waals surface area contributed by atoms with E-state index in [9.17, 15) is 4.79 Å². The lowest BCUT2D eigenvalue weighted by Gasteiger charge is -2.07. The number of hydrazine groups is 1. The van der Waals surface area contributed by atoms with Crippen molar-refractivity contribution < 1.29 is 4.79 Å². The van der Waals surface area contributed by atoms with Crippen LogP contribution >= 0.6 is 11.6 Å². The fourth-order valence-corrected chi connectivity index (χ4v) is 1.96. The van der Waals surface area contributed by atoms with Crippen LogP contribution in [-0.2, 0) is 0 Å². The maximum atomic E-state index is 11.7. The monoisotopic (exact) mass is 275 g/mol. The van der Waals surface area contributed by atoms with Crippen molar-refractivity contribution in [1.82, 2.24) is 15.0 Å². The van der Waals surface area contributed by atoms with Crippen LogP contribution in [0.2, 0.25) is 5.15 Å². The van der Waals surface area contributed by atoms with E-state index in [2.05, 4.69) is 4.98 Å². The predicted octanol–water partition coefficient (Wildman–Crippen LogP) is 1.81. The SMILES string of the molecule is Cc1ccc(-c2c(Cl)nc(C#N)n2C(=O)NN)cc1. The van der Waals surface area contributed by atoms with E-state index in [-0.39, 0.29) is 11.0 Å². The number of rotatable bonds is 1. The highest BCUT2D eigenvalue weighted by Crippen LogP contribution is 2.28. The van der Waals surface area contributed by atoms with Crippen LogP contribution < -0.4 is 11.3 Å². The molecule has 2 aromatic rings. The fourth-order valence-electron chi connectivity index (χ4n) is 1.69. The van der Waals surface area contributed by atoms with Gasteiger partial charge >= 0.3 is 6.03 Å². The number of nitrogen functional groups attached to an aromatic ring is 1. The number of benzene rings is 1. The number of aryl methyl sites for hydroxylation is 1. The molecule has 0 atom stereocenters. The summed E-state index contributed by atoms with van der Waals surface area (Å²) in [5.41, 5.74) is 4.04. The third-order valence-electron chi connectivity index (χ3n) is 2.59. The molecule has 0 bridgehead atoms. The van der Waals surface area contributed by atoms with E-state index in [1.165, 1.54) is 0 Å². The molecule has 96 valence electrons. The summed E-state index contributed by atoms with van der Waals surface area (Å²) in [6.45, 7) is 1.94. The van der Waals surface area contributed by atoms with Gasteiger partial charge in [0.1, 0.15) is 6.07 Å². The minimum atomic E-state index is -0.675. The third-order valence-corrected chi connectivity index (χ3v) is 2.85. The second-order valence-electron chi connectivity index (χ2n) is 3.84. The average Bonchev–Trinajstić information content (AvgIpc) is 2.75. The van der Waals surface area contributed by atoms with Crippen LogP contribution in [0.3, 0.4) is 0 Å². The largest absolute Gasteiger partial charge is 0.342 e. The van der Waals surface area contributed by atoms with Crippen molar-refractivity contribution in [3.63, 3.8) is 0 Å². The summed E-state index contributed by atoms with van der Waals surface area (Å²) in [5.74, 6) is 4.99. The first-order chi connectivity index (χ1) is 9.08. The molecule has 1 amide bonds. The van der Waals surface area contributed by atoms with Gasteiger partial charge in [0.2, 0.25) is 5.82 Å². The van der Waals surface area contributed by atoms with Crippen LogP contribution in [0.4, 0.5) is 4.79 Å². The third kappa shape index (κ3) is 2.29. The van der Waals surface area contributed by atoms with Crippen molar-refractivity contribution in [3.05, 3.63) is 40.8 Å². The summed E-state index contributed by atoms with van der Waals surface area (Å²) in [7, 11) is 0. The summed E-state index contributed by atoms with van der Waals surface area (Å²) in [6, 6.07) is 8.45. The molecule has 0 aliphatic rings. The van der Waals surface area contributed by atoms with Crippen molar-refractivity contribution in [2.75, 3.05) is 0 Å². The molecule has 0 saturated heterocycles. The molecule has 0 radical (unpaired) electrons. The highest BCUT2D eigenvalue weighted by molar-refractivity contribution is 6.32. The second-order valence-corrected chi connectivity index (χ2v) is 4.20. The van der Waals surface area contributed by atoms with Crippen molar-refractivity contribution >= 4 is 17.6 Å². The number of imidazole rings is 1. The van der Waals surface area contributed by atoms with E-state index in [0.717, 1.165) is 10.1 Å². The minimum absolute atomic E-state index is 0.0732. The zero-order chi connectivity index (χ0) is 14.0. The summed E-state index contributed by atoms with van der Waals surface area (Å²) < 4.78 is 1.05. The Bertz CT molecular complexity index is 669. The van der Waals surface area contributed by atoms with Gasteiger partial charge in [-0.3, -0.25) is 5.43 Å². The first-order valence-corrected chi connectivity index (χ1v) is 5.72. The van der Waals surface area contributed by atoms with E-state index in [1.807, 2.05) is 24.5 Å². The van der Waals surface area contributed by atoms with Gasteiger partial charge < -0.3 is 0 Å². The first kappa shape index (κ1) is 13.1. The molecule has 0 aliphatic heterocycles. The van der Waals surface area contributed by atoms with Gasteiger partial charge in [-0.05, 0) is 6.92 Å². The highest BCUT2D eigenvalue weighted by atomic mass is 35.5. The number of nitrogens with zero attached hydrogens (tertiary/aromatic N) is 3. The van der Waals surface area contributed by atoms with Gasteiger partial charge in [0.15, 0.2) is 5.15 Å². The lowest BCUT2D eigenvalue weighted by molar-refractivity contribution is 0.242. The van der Waals surface area contributed by atoms with Crippen molar-refractivity contribution in [3.8, 4) is 17.3 Å². The number of nitriles is 1. The van der Waals surface area contributed by atoms with Crippen LogP contribution in [0.15, 0.2) is 24.3 Å². The normalized spacial score (nSPS) is 10.0. The molecule has 3 N–H and O–H groups in total. The standard InChI is InChI=1S/C12H10ClN5O/c1-7-2-4-8(5-3-7)10-11(13)16-9(6-14)18(10)12(19)17-15/h2-5H,15H2,1H3,(H,17,19). The molecule has 1 aromatic heterocycles. The fraction of sp³-hybridized carbons (Fsp3) is 0.0833. The van der Waals surface area contributed by atoms with Crippen molar-refractivity contribution in [2.45, 2.75) is 6.92 Å². The molecule has 19 heavy (non-hydrogen) atoms. The molecule has 0 aliphatic carbocycles. The number of nitrogens with one attached hydrogen (secondary N) is 1. The molecule has 0 spiro atoms. The lowest BCUT2D eigenvalue weighted by atomic mass is 10.1. The number of aromatic nitrogens is 2. The van der Waals surface area contributed by atoms with E-state index >= 15 is 0 Å². The van der Waals surface area contributed by atoms with Gasteiger partial charge in [0, 0.05) is 5.56 Å². The zero-order valence-electron chi connectivity index (χ0n) is 10.0. The van der Waals surface area contributed by atoms with Crippen molar-refractivity contribution in [2.24, 2.45) is 5.84 Å². The summed E-state index contributed by atoms with van der Waals surface area (Å²) in [6.07, 6.45) is 0. The quantitative estimate of drug-likeness (QED) is 0.471. The molecule has 0 saturated carbocycles. The Morgan fingerprint density at radius 1 is 1.47 bits per heavy atom. The van der Waals surface area contributed by atoms with Crippen LogP contribution in [0.25, 0.3) is 11.3 Å². The van der Waals surface area contributed by atoms with Gasteiger partial charge in [0.25, 0.3) is 0 Å². The first-order valence-electron chi connectivity index (χ1n) is 5.34. The molecule has 2 rings (SSSR count). The van der Waals surface area contributed by atoms with E-state index < -0.39 is 6.03 Å². The number of carbonyl (C=O) groups excluding carboxylic acids is 1. The van der Waals surface area contributed by atoms with Crippen LogP contribution in [0, 0.1) is 18.3 Å². The predicted molar refractivity (Wildman–Crippen MR) is 70.2 cm³/mol. The summed E-state index contributed by atoms with van der Waals surface area (Å²) in [4.78, 5) is 15.6. The lowest BCUT2D eigenvalue weighted by Crippen LogP contribution is -2.35.